The van der Waals surface area contributed by atoms with Crippen molar-refractivity contribution >= 4 is 11.9 Å². The summed E-state index contributed by atoms with van der Waals surface area (Å²) >= 11 is 0. The van der Waals surface area contributed by atoms with Gasteiger partial charge in [0.05, 0.1) is 19.3 Å². The molecule has 1 atom stereocenters. The first-order valence-corrected chi connectivity index (χ1v) is 7.01. The lowest BCUT2D eigenvalue weighted by Crippen LogP contribution is -2.32. The van der Waals surface area contributed by atoms with E-state index in [1.165, 1.54) is 0 Å². The molecule has 0 saturated heterocycles. The van der Waals surface area contributed by atoms with Gasteiger partial charge in [-0.3, -0.25) is 0 Å². The van der Waals surface area contributed by atoms with E-state index in [9.17, 15) is 0 Å². The van der Waals surface area contributed by atoms with Gasteiger partial charge in [0.2, 0.25) is 11.9 Å². The highest BCUT2D eigenvalue weighted by atomic mass is 16.5. The van der Waals surface area contributed by atoms with E-state index in [0.717, 1.165) is 0 Å². The van der Waals surface area contributed by atoms with Crippen LogP contribution in [0.4, 0.5) is 11.9 Å². The Kier molecular flexibility index (Phi) is 7.00. The number of anilines is 2. The quantitative estimate of drug-likeness (QED) is 0.715. The number of rotatable bonds is 9. The predicted molar refractivity (Wildman–Crippen MR) is 79.3 cm³/mol. The highest BCUT2D eigenvalue weighted by Crippen LogP contribution is 2.14. The summed E-state index contributed by atoms with van der Waals surface area (Å²) < 4.78 is 10.8. The smallest absolute Gasteiger partial charge is 0.323 e. The summed E-state index contributed by atoms with van der Waals surface area (Å²) in [7, 11) is 1.76. The third-order valence-electron chi connectivity index (χ3n) is 2.73. The third-order valence-corrected chi connectivity index (χ3v) is 2.73. The van der Waals surface area contributed by atoms with E-state index in [-0.39, 0.29) is 6.04 Å². The zero-order valence-electron chi connectivity index (χ0n) is 12.9. The molecule has 0 fully saturated rings. The fraction of sp³-hybridized carbons (Fsp3) is 0.769. The van der Waals surface area contributed by atoms with Crippen LogP contribution in [0.25, 0.3) is 0 Å². The predicted octanol–water partition coefficient (Wildman–Crippen LogP) is 1.78. The van der Waals surface area contributed by atoms with Crippen molar-refractivity contribution < 1.29 is 9.47 Å². The van der Waals surface area contributed by atoms with Crippen molar-refractivity contribution in [1.82, 2.24) is 15.0 Å². The highest BCUT2D eigenvalue weighted by Gasteiger charge is 2.16. The van der Waals surface area contributed by atoms with Gasteiger partial charge in [0.1, 0.15) is 0 Å². The maximum absolute atomic E-state index is 5.48. The number of nitrogens with zero attached hydrogens (tertiary/aromatic N) is 3. The van der Waals surface area contributed by atoms with E-state index >= 15 is 0 Å². The minimum absolute atomic E-state index is 0.136. The molecule has 0 radical (unpaired) electrons. The monoisotopic (exact) mass is 283 g/mol. The Hall–Kier alpha value is -1.63. The molecule has 0 amide bonds. The van der Waals surface area contributed by atoms with Gasteiger partial charge in [0.25, 0.3) is 0 Å². The molecule has 0 aromatic carbocycles. The van der Waals surface area contributed by atoms with Crippen LogP contribution in [0.2, 0.25) is 0 Å². The minimum Gasteiger partial charge on any atom is -0.464 e. The SMILES string of the molecule is CCOCC(Nc1nc(NC)nc(OCC)n1)C(C)C. The topological polar surface area (TPSA) is 81.2 Å². The maximum atomic E-state index is 5.48. The van der Waals surface area contributed by atoms with Crippen LogP contribution in [0.3, 0.4) is 0 Å². The van der Waals surface area contributed by atoms with E-state index < -0.39 is 0 Å². The van der Waals surface area contributed by atoms with E-state index in [1.54, 1.807) is 7.05 Å². The average molecular weight is 283 g/mol. The van der Waals surface area contributed by atoms with E-state index in [4.69, 9.17) is 9.47 Å². The molecule has 0 bridgehead atoms. The van der Waals surface area contributed by atoms with Crippen molar-refractivity contribution in [1.29, 1.82) is 0 Å². The molecule has 7 nitrogen and oxygen atoms in total. The molecule has 0 aliphatic rings. The second-order valence-electron chi connectivity index (χ2n) is 4.60. The van der Waals surface area contributed by atoms with Crippen molar-refractivity contribution in [2.75, 3.05) is 37.5 Å². The van der Waals surface area contributed by atoms with Gasteiger partial charge in [-0.2, -0.15) is 15.0 Å². The van der Waals surface area contributed by atoms with Crippen molar-refractivity contribution in [3.63, 3.8) is 0 Å². The lowest BCUT2D eigenvalue weighted by Gasteiger charge is -2.22. The normalized spacial score (nSPS) is 12.3. The van der Waals surface area contributed by atoms with E-state index in [2.05, 4.69) is 39.4 Å². The summed E-state index contributed by atoms with van der Waals surface area (Å²) in [5, 5.41) is 6.18. The molecule has 1 unspecified atom stereocenters. The van der Waals surface area contributed by atoms with Gasteiger partial charge in [-0.1, -0.05) is 13.8 Å². The summed E-state index contributed by atoms with van der Waals surface area (Å²) in [6.45, 7) is 9.93. The van der Waals surface area contributed by atoms with Crippen LogP contribution in [-0.2, 0) is 4.74 Å². The fourth-order valence-corrected chi connectivity index (χ4v) is 1.54. The lowest BCUT2D eigenvalue weighted by molar-refractivity contribution is 0.126. The Morgan fingerprint density at radius 2 is 1.75 bits per heavy atom. The molecular weight excluding hydrogens is 258 g/mol. The molecule has 7 heteroatoms. The molecule has 0 spiro atoms. The number of ether oxygens (including phenoxy) is 2. The fourth-order valence-electron chi connectivity index (χ4n) is 1.54. The van der Waals surface area contributed by atoms with Crippen LogP contribution < -0.4 is 15.4 Å². The number of hydrogen-bond donors (Lipinski definition) is 2. The molecule has 0 saturated carbocycles. The van der Waals surface area contributed by atoms with Crippen LogP contribution in [0.1, 0.15) is 27.7 Å². The molecule has 0 aliphatic carbocycles. The number of aromatic nitrogens is 3. The van der Waals surface area contributed by atoms with E-state index in [1.807, 2.05) is 13.8 Å². The summed E-state index contributed by atoms with van der Waals surface area (Å²) in [6, 6.07) is 0.449. The van der Waals surface area contributed by atoms with Crippen molar-refractivity contribution in [2.45, 2.75) is 33.7 Å². The molecule has 1 aromatic rings. The van der Waals surface area contributed by atoms with Gasteiger partial charge in [-0.05, 0) is 19.8 Å². The Balaban J connectivity index is 2.84. The number of nitrogens with one attached hydrogen (secondary N) is 2. The molecule has 1 heterocycles. The van der Waals surface area contributed by atoms with Crippen molar-refractivity contribution in [2.24, 2.45) is 5.92 Å². The van der Waals surface area contributed by atoms with Crippen LogP contribution >= 0.6 is 0 Å². The standard InChI is InChI=1S/C13H25N5O2/c1-6-19-8-10(9(3)4)15-12-16-11(14-5)17-13(18-12)20-7-2/h9-10H,6-8H2,1-5H3,(H2,14,15,16,17,18). The van der Waals surface area contributed by atoms with Crippen molar-refractivity contribution in [3.05, 3.63) is 0 Å². The van der Waals surface area contributed by atoms with E-state index in [0.29, 0.717) is 43.6 Å². The van der Waals surface area contributed by atoms with Crippen molar-refractivity contribution in [3.8, 4) is 6.01 Å². The summed E-state index contributed by atoms with van der Waals surface area (Å²) in [4.78, 5) is 12.7. The highest BCUT2D eigenvalue weighted by molar-refractivity contribution is 5.36. The Morgan fingerprint density at radius 1 is 1.05 bits per heavy atom. The Labute approximate surface area is 120 Å². The molecule has 2 N–H and O–H groups in total. The third kappa shape index (κ3) is 5.16. The van der Waals surface area contributed by atoms with Gasteiger partial charge in [0.15, 0.2) is 0 Å². The Morgan fingerprint density at radius 3 is 2.30 bits per heavy atom. The van der Waals surface area contributed by atoms with Gasteiger partial charge in [-0.15, -0.1) is 0 Å². The lowest BCUT2D eigenvalue weighted by atomic mass is 10.1. The first-order chi connectivity index (χ1) is 9.60. The van der Waals surface area contributed by atoms with Gasteiger partial charge < -0.3 is 20.1 Å². The van der Waals surface area contributed by atoms with Crippen LogP contribution in [0.15, 0.2) is 0 Å². The van der Waals surface area contributed by atoms with Crippen LogP contribution in [0.5, 0.6) is 6.01 Å². The minimum atomic E-state index is 0.136. The van der Waals surface area contributed by atoms with Gasteiger partial charge in [-0.25, -0.2) is 0 Å². The first-order valence-electron chi connectivity index (χ1n) is 7.01. The second kappa shape index (κ2) is 8.52. The molecule has 20 heavy (non-hydrogen) atoms. The molecule has 114 valence electrons. The molecule has 1 rings (SSSR count). The zero-order valence-corrected chi connectivity index (χ0v) is 12.9. The van der Waals surface area contributed by atoms with Crippen LogP contribution in [-0.4, -0.2) is 47.9 Å². The zero-order chi connectivity index (χ0) is 15.0. The molecular formula is C13H25N5O2. The maximum Gasteiger partial charge on any atom is 0.323 e. The molecule has 1 aromatic heterocycles. The summed E-state index contributed by atoms with van der Waals surface area (Å²) in [5.74, 6) is 1.36. The van der Waals surface area contributed by atoms with Crippen LogP contribution in [0, 0.1) is 5.92 Å². The summed E-state index contributed by atoms with van der Waals surface area (Å²) in [6.07, 6.45) is 0. The second-order valence-corrected chi connectivity index (χ2v) is 4.60. The first kappa shape index (κ1) is 16.4. The summed E-state index contributed by atoms with van der Waals surface area (Å²) in [5.41, 5.74) is 0. The average Bonchev–Trinajstić information content (AvgIpc) is 2.43. The van der Waals surface area contributed by atoms with Gasteiger partial charge in [0, 0.05) is 13.7 Å². The number of hydrogen-bond acceptors (Lipinski definition) is 7. The largest absolute Gasteiger partial charge is 0.464 e. The Bertz CT molecular complexity index is 400. The van der Waals surface area contributed by atoms with Gasteiger partial charge >= 0.3 is 6.01 Å². The molecule has 0 aliphatic heterocycles.